The minimum Gasteiger partial charge on any atom is -0.356 e. The Morgan fingerprint density at radius 3 is 2.76 bits per heavy atom. The zero-order valence-electron chi connectivity index (χ0n) is 12.0. The Balaban J connectivity index is 1.78. The van der Waals surface area contributed by atoms with Crippen molar-refractivity contribution in [1.29, 1.82) is 0 Å². The number of piperidine rings is 1. The number of fused-ring (bicyclic) bond motifs is 1. The monoisotopic (exact) mass is 303 g/mol. The standard InChI is InChI=1S/C16H18ClN3O/c1-11(21)18-13-6-8-20(9-7-13)15-10-12-4-2-3-5-14(12)16(17)19-15/h2-5,10,13H,6-9H2,1H3,(H,18,21). The summed E-state index contributed by atoms with van der Waals surface area (Å²) in [6, 6.07) is 10.4. The fraction of sp³-hybridized carbons (Fsp3) is 0.375. The Bertz CT molecular complexity index is 666. The second-order valence-corrected chi connectivity index (χ2v) is 5.81. The second-order valence-electron chi connectivity index (χ2n) is 5.45. The highest BCUT2D eigenvalue weighted by Gasteiger charge is 2.21. The third-order valence-corrected chi connectivity index (χ3v) is 4.19. The van der Waals surface area contributed by atoms with E-state index in [4.69, 9.17) is 11.6 Å². The van der Waals surface area contributed by atoms with Gasteiger partial charge in [0.2, 0.25) is 5.91 Å². The summed E-state index contributed by atoms with van der Waals surface area (Å²) in [5.41, 5.74) is 0. The molecule has 0 atom stereocenters. The van der Waals surface area contributed by atoms with Crippen molar-refractivity contribution in [3.8, 4) is 0 Å². The maximum atomic E-state index is 11.1. The van der Waals surface area contributed by atoms with E-state index in [-0.39, 0.29) is 11.9 Å². The van der Waals surface area contributed by atoms with E-state index in [0.29, 0.717) is 5.15 Å². The molecule has 1 aromatic carbocycles. The van der Waals surface area contributed by atoms with Gasteiger partial charge in [0.25, 0.3) is 0 Å². The van der Waals surface area contributed by atoms with Gasteiger partial charge in [0, 0.05) is 31.4 Å². The van der Waals surface area contributed by atoms with Crippen LogP contribution in [0, 0.1) is 0 Å². The topological polar surface area (TPSA) is 45.2 Å². The minimum absolute atomic E-state index is 0.0420. The van der Waals surface area contributed by atoms with Gasteiger partial charge in [0.1, 0.15) is 11.0 Å². The van der Waals surface area contributed by atoms with E-state index in [1.165, 1.54) is 0 Å². The first-order valence-corrected chi connectivity index (χ1v) is 7.58. The zero-order valence-corrected chi connectivity index (χ0v) is 12.7. The molecule has 2 aromatic rings. The average Bonchev–Trinajstić information content (AvgIpc) is 2.47. The molecule has 21 heavy (non-hydrogen) atoms. The maximum Gasteiger partial charge on any atom is 0.217 e. The van der Waals surface area contributed by atoms with Crippen molar-refractivity contribution in [3.05, 3.63) is 35.5 Å². The van der Waals surface area contributed by atoms with Crippen LogP contribution in [0.3, 0.4) is 0 Å². The van der Waals surface area contributed by atoms with Gasteiger partial charge in [-0.15, -0.1) is 0 Å². The van der Waals surface area contributed by atoms with Gasteiger partial charge in [-0.05, 0) is 24.3 Å². The van der Waals surface area contributed by atoms with Gasteiger partial charge in [-0.2, -0.15) is 0 Å². The first kappa shape index (κ1) is 14.1. The molecular formula is C16H18ClN3O. The van der Waals surface area contributed by atoms with E-state index in [0.717, 1.165) is 42.5 Å². The molecule has 1 aromatic heterocycles. The summed E-state index contributed by atoms with van der Waals surface area (Å²) in [6.45, 7) is 3.33. The molecule has 0 saturated carbocycles. The molecule has 110 valence electrons. The van der Waals surface area contributed by atoms with Gasteiger partial charge in [-0.25, -0.2) is 4.98 Å². The minimum atomic E-state index is 0.0420. The van der Waals surface area contributed by atoms with Gasteiger partial charge in [0.05, 0.1) is 0 Å². The summed E-state index contributed by atoms with van der Waals surface area (Å²) in [7, 11) is 0. The summed E-state index contributed by atoms with van der Waals surface area (Å²) in [5.74, 6) is 0.959. The highest BCUT2D eigenvalue weighted by molar-refractivity contribution is 6.34. The van der Waals surface area contributed by atoms with Gasteiger partial charge >= 0.3 is 0 Å². The largest absolute Gasteiger partial charge is 0.356 e. The fourth-order valence-electron chi connectivity index (χ4n) is 2.85. The number of pyridine rings is 1. The summed E-state index contributed by atoms with van der Waals surface area (Å²) < 4.78 is 0. The third-order valence-electron chi connectivity index (χ3n) is 3.91. The molecule has 1 N–H and O–H groups in total. The average molecular weight is 304 g/mol. The molecule has 3 rings (SSSR count). The van der Waals surface area contributed by atoms with Crippen LogP contribution in [0.5, 0.6) is 0 Å². The maximum absolute atomic E-state index is 11.1. The number of amides is 1. The summed E-state index contributed by atoms with van der Waals surface area (Å²) in [4.78, 5) is 17.8. The number of nitrogens with one attached hydrogen (secondary N) is 1. The number of carbonyl (C=O) groups is 1. The van der Waals surface area contributed by atoms with Crippen molar-refractivity contribution in [2.24, 2.45) is 0 Å². The number of hydrogen-bond donors (Lipinski definition) is 1. The van der Waals surface area contributed by atoms with Crippen molar-refractivity contribution in [3.63, 3.8) is 0 Å². The molecular weight excluding hydrogens is 286 g/mol. The van der Waals surface area contributed by atoms with Gasteiger partial charge < -0.3 is 10.2 Å². The van der Waals surface area contributed by atoms with Crippen molar-refractivity contribution in [2.75, 3.05) is 18.0 Å². The number of carbonyl (C=O) groups excluding carboxylic acids is 1. The van der Waals surface area contributed by atoms with E-state index >= 15 is 0 Å². The number of rotatable bonds is 2. The number of nitrogens with zero attached hydrogens (tertiary/aromatic N) is 2. The predicted molar refractivity (Wildman–Crippen MR) is 85.8 cm³/mol. The highest BCUT2D eigenvalue weighted by atomic mass is 35.5. The summed E-state index contributed by atoms with van der Waals surface area (Å²) in [6.07, 6.45) is 1.87. The second kappa shape index (κ2) is 5.90. The van der Waals surface area contributed by atoms with Crippen LogP contribution in [-0.2, 0) is 4.79 Å². The van der Waals surface area contributed by atoms with Crippen LogP contribution in [0.4, 0.5) is 5.82 Å². The van der Waals surface area contributed by atoms with E-state index in [1.807, 2.05) is 18.2 Å². The van der Waals surface area contributed by atoms with E-state index in [2.05, 4.69) is 27.3 Å². The number of benzene rings is 1. The van der Waals surface area contributed by atoms with Crippen LogP contribution >= 0.6 is 11.6 Å². The highest BCUT2D eigenvalue weighted by Crippen LogP contribution is 2.27. The Kier molecular flexibility index (Phi) is 3.97. The summed E-state index contributed by atoms with van der Waals surface area (Å²) >= 11 is 6.28. The molecule has 5 heteroatoms. The summed E-state index contributed by atoms with van der Waals surface area (Å²) in [5, 5.41) is 5.62. The van der Waals surface area contributed by atoms with Crippen LogP contribution in [0.25, 0.3) is 10.8 Å². The first-order chi connectivity index (χ1) is 10.1. The predicted octanol–water partition coefficient (Wildman–Crippen LogP) is 2.99. The molecule has 4 nitrogen and oxygen atoms in total. The Hall–Kier alpha value is -1.81. The molecule has 0 spiro atoms. The smallest absolute Gasteiger partial charge is 0.217 e. The molecule has 0 radical (unpaired) electrons. The fourth-order valence-corrected chi connectivity index (χ4v) is 3.10. The number of hydrogen-bond acceptors (Lipinski definition) is 3. The van der Waals surface area contributed by atoms with Crippen molar-refractivity contribution in [2.45, 2.75) is 25.8 Å². The van der Waals surface area contributed by atoms with E-state index in [9.17, 15) is 4.79 Å². The van der Waals surface area contributed by atoms with Gasteiger partial charge in [0.15, 0.2) is 0 Å². The lowest BCUT2D eigenvalue weighted by molar-refractivity contribution is -0.119. The lowest BCUT2D eigenvalue weighted by Gasteiger charge is -2.33. The van der Waals surface area contributed by atoms with Gasteiger partial charge in [-0.3, -0.25) is 4.79 Å². The van der Waals surface area contributed by atoms with Crippen LogP contribution in [0.1, 0.15) is 19.8 Å². The number of halogens is 1. The van der Waals surface area contributed by atoms with E-state index < -0.39 is 0 Å². The van der Waals surface area contributed by atoms with Gasteiger partial charge in [-0.1, -0.05) is 35.9 Å². The number of aromatic nitrogens is 1. The zero-order chi connectivity index (χ0) is 14.8. The normalized spacial score (nSPS) is 16.2. The lowest BCUT2D eigenvalue weighted by Crippen LogP contribution is -2.44. The Morgan fingerprint density at radius 2 is 2.05 bits per heavy atom. The molecule has 0 unspecified atom stereocenters. The quantitative estimate of drug-likeness (QED) is 0.868. The molecule has 1 saturated heterocycles. The number of anilines is 1. The van der Waals surface area contributed by atoms with E-state index in [1.54, 1.807) is 6.92 Å². The molecule has 0 aliphatic carbocycles. The first-order valence-electron chi connectivity index (χ1n) is 7.21. The lowest BCUT2D eigenvalue weighted by atomic mass is 10.0. The SMILES string of the molecule is CC(=O)NC1CCN(c2cc3ccccc3c(Cl)n2)CC1. The van der Waals surface area contributed by atoms with Crippen LogP contribution in [-0.4, -0.2) is 30.0 Å². The third kappa shape index (κ3) is 3.10. The van der Waals surface area contributed by atoms with Crippen molar-refractivity contribution in [1.82, 2.24) is 10.3 Å². The van der Waals surface area contributed by atoms with Crippen molar-refractivity contribution < 1.29 is 4.79 Å². The molecule has 1 aliphatic heterocycles. The van der Waals surface area contributed by atoms with Crippen LogP contribution in [0.2, 0.25) is 5.15 Å². The Morgan fingerprint density at radius 1 is 1.33 bits per heavy atom. The van der Waals surface area contributed by atoms with Crippen LogP contribution < -0.4 is 10.2 Å². The molecule has 1 aliphatic rings. The molecule has 1 amide bonds. The van der Waals surface area contributed by atoms with Crippen molar-refractivity contribution >= 4 is 34.1 Å². The Labute approximate surface area is 129 Å². The molecule has 2 heterocycles. The molecule has 0 bridgehead atoms. The van der Waals surface area contributed by atoms with Crippen LogP contribution in [0.15, 0.2) is 30.3 Å². The molecule has 1 fully saturated rings.